The van der Waals surface area contributed by atoms with Gasteiger partial charge in [-0.3, -0.25) is 9.52 Å². The van der Waals surface area contributed by atoms with Crippen molar-refractivity contribution >= 4 is 38.9 Å². The van der Waals surface area contributed by atoms with Crippen LogP contribution < -0.4 is 10.0 Å². The van der Waals surface area contributed by atoms with Gasteiger partial charge >= 0.3 is 0 Å². The molecule has 0 bridgehead atoms. The fourth-order valence-electron chi connectivity index (χ4n) is 3.49. The second-order valence-electron chi connectivity index (χ2n) is 7.66. The highest BCUT2D eigenvalue weighted by Crippen LogP contribution is 2.25. The number of rotatable bonds is 8. The normalized spacial score (nSPS) is 11.4. The van der Waals surface area contributed by atoms with Crippen molar-refractivity contribution in [3.8, 4) is 5.69 Å². The van der Waals surface area contributed by atoms with Gasteiger partial charge in [-0.25, -0.2) is 13.1 Å². The van der Waals surface area contributed by atoms with Gasteiger partial charge in [0.05, 0.1) is 29.2 Å². The number of carbonyl (C=O) groups excluding carboxylic acids is 1. The molecule has 1 aromatic heterocycles. The molecule has 0 saturated heterocycles. The van der Waals surface area contributed by atoms with Crippen molar-refractivity contribution in [2.45, 2.75) is 40.5 Å². The van der Waals surface area contributed by atoms with Crippen molar-refractivity contribution in [3.05, 3.63) is 70.0 Å². The second kappa shape index (κ2) is 9.75. The first-order valence-corrected chi connectivity index (χ1v) is 12.3. The standard InChI is InChI=1S/C23H27ClN4O3S/c1-5-13-32(30,31)27-22-8-6-7-21(15(22)2)25-23(29)14-20-16(3)26-28(17(20)4)19-11-9-18(24)10-12-19/h6-12,27H,5,13-14H2,1-4H3,(H,25,29). The summed E-state index contributed by atoms with van der Waals surface area (Å²) in [6, 6.07) is 12.5. The summed E-state index contributed by atoms with van der Waals surface area (Å²) in [5.74, 6) is -0.164. The van der Waals surface area contributed by atoms with Crippen molar-refractivity contribution in [3.63, 3.8) is 0 Å². The Morgan fingerprint density at radius 2 is 1.72 bits per heavy atom. The molecule has 32 heavy (non-hydrogen) atoms. The molecule has 0 spiro atoms. The van der Waals surface area contributed by atoms with Crippen LogP contribution in [-0.4, -0.2) is 29.9 Å². The molecule has 2 N–H and O–H groups in total. The van der Waals surface area contributed by atoms with Crippen LogP contribution in [0.3, 0.4) is 0 Å². The van der Waals surface area contributed by atoms with E-state index < -0.39 is 10.0 Å². The third-order valence-electron chi connectivity index (χ3n) is 5.20. The Morgan fingerprint density at radius 3 is 2.38 bits per heavy atom. The number of aryl methyl sites for hydroxylation is 1. The minimum Gasteiger partial charge on any atom is -0.325 e. The number of amides is 1. The number of sulfonamides is 1. The SMILES string of the molecule is CCCS(=O)(=O)Nc1cccc(NC(=O)Cc2c(C)nn(-c3ccc(Cl)cc3)c2C)c1C. The molecular weight excluding hydrogens is 448 g/mol. The minimum atomic E-state index is -3.42. The molecule has 3 aromatic rings. The Hall–Kier alpha value is -2.84. The quantitative estimate of drug-likeness (QED) is 0.491. The third-order valence-corrected chi connectivity index (χ3v) is 6.92. The predicted octanol–water partition coefficient (Wildman–Crippen LogP) is 4.78. The van der Waals surface area contributed by atoms with Gasteiger partial charge in [-0.15, -0.1) is 0 Å². The van der Waals surface area contributed by atoms with E-state index in [1.807, 2.05) is 32.9 Å². The zero-order chi connectivity index (χ0) is 23.5. The molecule has 1 heterocycles. The number of nitrogens with zero attached hydrogens (tertiary/aromatic N) is 2. The molecule has 7 nitrogen and oxygen atoms in total. The van der Waals surface area contributed by atoms with Crippen molar-refractivity contribution < 1.29 is 13.2 Å². The summed E-state index contributed by atoms with van der Waals surface area (Å²) in [6.07, 6.45) is 0.670. The molecule has 0 aliphatic rings. The Bertz CT molecular complexity index is 1230. The highest BCUT2D eigenvalue weighted by atomic mass is 35.5. The first-order valence-electron chi connectivity index (χ1n) is 10.3. The highest BCUT2D eigenvalue weighted by Gasteiger charge is 2.18. The number of carbonyl (C=O) groups is 1. The summed E-state index contributed by atoms with van der Waals surface area (Å²) in [6.45, 7) is 7.37. The predicted molar refractivity (Wildman–Crippen MR) is 129 cm³/mol. The van der Waals surface area contributed by atoms with Crippen molar-refractivity contribution in [2.75, 3.05) is 15.8 Å². The molecule has 0 atom stereocenters. The van der Waals surface area contributed by atoms with E-state index in [0.29, 0.717) is 28.4 Å². The molecule has 3 rings (SSSR count). The van der Waals surface area contributed by atoms with Gasteiger partial charge in [0.1, 0.15) is 0 Å². The Balaban J connectivity index is 1.78. The smallest absolute Gasteiger partial charge is 0.232 e. The van der Waals surface area contributed by atoms with E-state index in [1.165, 1.54) is 0 Å². The van der Waals surface area contributed by atoms with Crippen LogP contribution in [0.5, 0.6) is 0 Å². The maximum atomic E-state index is 12.8. The maximum absolute atomic E-state index is 12.8. The van der Waals surface area contributed by atoms with E-state index in [1.54, 1.807) is 41.9 Å². The summed E-state index contributed by atoms with van der Waals surface area (Å²) in [7, 11) is -3.42. The van der Waals surface area contributed by atoms with Gasteiger partial charge in [0.15, 0.2) is 0 Å². The van der Waals surface area contributed by atoms with Crippen LogP contribution in [0, 0.1) is 20.8 Å². The first-order chi connectivity index (χ1) is 15.1. The topological polar surface area (TPSA) is 93.1 Å². The zero-order valence-electron chi connectivity index (χ0n) is 18.6. The molecule has 1 amide bonds. The molecule has 0 radical (unpaired) electrons. The third kappa shape index (κ3) is 5.49. The molecule has 2 aromatic carbocycles. The molecule has 170 valence electrons. The van der Waals surface area contributed by atoms with Gasteiger partial charge in [0.25, 0.3) is 0 Å². The second-order valence-corrected chi connectivity index (χ2v) is 9.94. The molecular formula is C23H27ClN4O3S. The average molecular weight is 475 g/mol. The highest BCUT2D eigenvalue weighted by molar-refractivity contribution is 7.92. The van der Waals surface area contributed by atoms with Crippen LogP contribution in [0.1, 0.15) is 35.9 Å². The summed E-state index contributed by atoms with van der Waals surface area (Å²) in [5.41, 5.74) is 5.03. The monoisotopic (exact) mass is 474 g/mol. The summed E-state index contributed by atoms with van der Waals surface area (Å²) < 4.78 is 28.6. The fraction of sp³-hybridized carbons (Fsp3) is 0.304. The first kappa shape index (κ1) is 23.8. The van der Waals surface area contributed by atoms with Crippen LogP contribution in [0.25, 0.3) is 5.69 Å². The number of hydrogen-bond acceptors (Lipinski definition) is 4. The molecule has 0 unspecified atom stereocenters. The zero-order valence-corrected chi connectivity index (χ0v) is 20.1. The van der Waals surface area contributed by atoms with E-state index in [0.717, 1.165) is 22.6 Å². The Morgan fingerprint density at radius 1 is 1.06 bits per heavy atom. The molecule has 0 saturated carbocycles. The minimum absolute atomic E-state index is 0.0409. The van der Waals surface area contributed by atoms with Crippen molar-refractivity contribution in [1.29, 1.82) is 0 Å². The fourth-order valence-corrected chi connectivity index (χ4v) is 4.81. The van der Waals surface area contributed by atoms with Crippen LogP contribution in [0.15, 0.2) is 42.5 Å². The number of hydrogen-bond donors (Lipinski definition) is 2. The van der Waals surface area contributed by atoms with E-state index >= 15 is 0 Å². The van der Waals surface area contributed by atoms with Gasteiger partial charge in [0, 0.05) is 22.0 Å². The summed E-state index contributed by atoms with van der Waals surface area (Å²) in [5, 5.41) is 8.12. The molecule has 0 aliphatic heterocycles. The van der Waals surface area contributed by atoms with Crippen LogP contribution in [-0.2, 0) is 21.2 Å². The van der Waals surface area contributed by atoms with Gasteiger partial charge < -0.3 is 5.32 Å². The average Bonchev–Trinajstić information content (AvgIpc) is 2.99. The van der Waals surface area contributed by atoms with E-state index in [-0.39, 0.29) is 18.1 Å². The molecule has 9 heteroatoms. The number of nitrogens with one attached hydrogen (secondary N) is 2. The van der Waals surface area contributed by atoms with Crippen LogP contribution >= 0.6 is 11.6 Å². The maximum Gasteiger partial charge on any atom is 0.232 e. The van der Waals surface area contributed by atoms with Crippen LogP contribution in [0.4, 0.5) is 11.4 Å². The largest absolute Gasteiger partial charge is 0.325 e. The molecule has 0 aliphatic carbocycles. The lowest BCUT2D eigenvalue weighted by Crippen LogP contribution is -2.19. The number of anilines is 2. The lowest BCUT2D eigenvalue weighted by molar-refractivity contribution is -0.115. The summed E-state index contributed by atoms with van der Waals surface area (Å²) >= 11 is 5.98. The number of aromatic nitrogens is 2. The van der Waals surface area contributed by atoms with Gasteiger partial charge in [-0.2, -0.15) is 5.10 Å². The lowest BCUT2D eigenvalue weighted by Gasteiger charge is -2.14. The van der Waals surface area contributed by atoms with E-state index in [2.05, 4.69) is 15.1 Å². The van der Waals surface area contributed by atoms with Crippen molar-refractivity contribution in [1.82, 2.24) is 9.78 Å². The summed E-state index contributed by atoms with van der Waals surface area (Å²) in [4.78, 5) is 12.8. The van der Waals surface area contributed by atoms with Gasteiger partial charge in [-0.1, -0.05) is 24.6 Å². The van der Waals surface area contributed by atoms with E-state index in [9.17, 15) is 13.2 Å². The van der Waals surface area contributed by atoms with Crippen LogP contribution in [0.2, 0.25) is 5.02 Å². The van der Waals surface area contributed by atoms with Gasteiger partial charge in [0.2, 0.25) is 15.9 Å². The Labute approximate surface area is 193 Å². The lowest BCUT2D eigenvalue weighted by atomic mass is 10.1. The molecule has 0 fully saturated rings. The van der Waals surface area contributed by atoms with Crippen molar-refractivity contribution in [2.24, 2.45) is 0 Å². The van der Waals surface area contributed by atoms with E-state index in [4.69, 9.17) is 11.6 Å². The number of benzene rings is 2. The van der Waals surface area contributed by atoms with Gasteiger partial charge in [-0.05, 0) is 69.2 Å². The number of halogens is 1. The Kier molecular flexibility index (Phi) is 7.26.